The third-order valence-electron chi connectivity index (χ3n) is 5.37. The van der Waals surface area contributed by atoms with E-state index in [-0.39, 0.29) is 11.9 Å². The van der Waals surface area contributed by atoms with E-state index in [9.17, 15) is 26.3 Å². The lowest BCUT2D eigenvalue weighted by molar-refractivity contribution is -0.193. The maximum absolute atomic E-state index is 10.6. The van der Waals surface area contributed by atoms with Gasteiger partial charge < -0.3 is 41.8 Å². The number of hydrogen-bond donors (Lipinski definition) is 8. The standard InChI is InChI=1S/C24H36N6O2.2C2HF3O2/c25-23(26)29-15-13-19-5-9-21(10-6-19)31-17-3-1-2-4-18-32-22-11-7-20(8-12-22)14-16-30-24(27)28;2*3-2(4,5)1(6)7/h5-12H,1-4,13-18H2,(H4,25,26,29)(H4,27,28,30);2*(H,6,7). The second kappa shape index (κ2) is 21.7. The van der Waals surface area contributed by atoms with Crippen LogP contribution in [-0.2, 0) is 22.4 Å². The number of hydrogen-bond acceptors (Lipinski definition) is 6. The number of benzene rings is 2. The number of ether oxygens (including phenoxy) is 2. The van der Waals surface area contributed by atoms with Crippen molar-refractivity contribution in [2.45, 2.75) is 50.9 Å². The fraction of sp³-hybridized carbons (Fsp3) is 0.429. The molecule has 0 bridgehead atoms. The molecule has 0 saturated carbocycles. The van der Waals surface area contributed by atoms with Gasteiger partial charge in [0.05, 0.1) is 13.2 Å². The van der Waals surface area contributed by atoms with Gasteiger partial charge in [0.15, 0.2) is 11.9 Å². The van der Waals surface area contributed by atoms with Crippen LogP contribution in [0.15, 0.2) is 48.5 Å². The molecule has 0 aliphatic heterocycles. The van der Waals surface area contributed by atoms with Crippen molar-refractivity contribution in [2.75, 3.05) is 26.3 Å². The Hall–Kier alpha value is -4.90. The number of rotatable bonds is 15. The van der Waals surface area contributed by atoms with Gasteiger partial charge in [0.25, 0.3) is 0 Å². The molecule has 2 aromatic rings. The lowest BCUT2D eigenvalue weighted by Crippen LogP contribution is -2.31. The molecule has 258 valence electrons. The van der Waals surface area contributed by atoms with Crippen LogP contribution in [0.2, 0.25) is 0 Å². The first-order valence-corrected chi connectivity index (χ1v) is 13.6. The monoisotopic (exact) mass is 668 g/mol. The summed E-state index contributed by atoms with van der Waals surface area (Å²) in [5.41, 5.74) is 12.9. The molecule has 0 radical (unpaired) electrons. The van der Waals surface area contributed by atoms with Gasteiger partial charge in [-0.3, -0.25) is 10.8 Å². The van der Waals surface area contributed by atoms with Crippen molar-refractivity contribution in [3.8, 4) is 11.5 Å². The average molecular weight is 669 g/mol. The number of guanidine groups is 2. The van der Waals surface area contributed by atoms with Gasteiger partial charge in [-0.05, 0) is 73.9 Å². The SMILES string of the molecule is N=C(N)NCCc1ccc(OCCCCCCOc2ccc(CCNC(=N)N)cc2)cc1.O=C(O)C(F)(F)F.O=C(O)C(F)(F)F. The van der Waals surface area contributed by atoms with E-state index in [2.05, 4.69) is 10.6 Å². The molecule has 0 heterocycles. The van der Waals surface area contributed by atoms with Crippen LogP contribution in [0.4, 0.5) is 26.3 Å². The van der Waals surface area contributed by atoms with Crippen molar-refractivity contribution < 1.29 is 55.6 Å². The first-order chi connectivity index (χ1) is 21.4. The smallest absolute Gasteiger partial charge is 0.490 e. The van der Waals surface area contributed by atoms with E-state index in [4.69, 9.17) is 51.6 Å². The summed E-state index contributed by atoms with van der Waals surface area (Å²) < 4.78 is 75.1. The number of nitrogens with two attached hydrogens (primary N) is 2. The summed E-state index contributed by atoms with van der Waals surface area (Å²) in [6.45, 7) is 2.74. The minimum absolute atomic E-state index is 0.00164. The van der Waals surface area contributed by atoms with E-state index < -0.39 is 24.3 Å². The Morgan fingerprint density at radius 3 is 1.15 bits per heavy atom. The molecule has 0 unspecified atom stereocenters. The fourth-order valence-corrected chi connectivity index (χ4v) is 3.13. The molecule has 10 N–H and O–H groups in total. The lowest BCUT2D eigenvalue weighted by Gasteiger charge is -2.09. The Morgan fingerprint density at radius 2 is 0.913 bits per heavy atom. The Balaban J connectivity index is 0.00000120. The number of halogens is 6. The largest absolute Gasteiger partial charge is 0.494 e. The van der Waals surface area contributed by atoms with E-state index in [0.29, 0.717) is 26.3 Å². The van der Waals surface area contributed by atoms with Crippen molar-refractivity contribution in [3.63, 3.8) is 0 Å². The molecular weight excluding hydrogens is 630 g/mol. The normalized spacial score (nSPS) is 10.7. The van der Waals surface area contributed by atoms with E-state index in [1.54, 1.807) is 0 Å². The highest BCUT2D eigenvalue weighted by molar-refractivity contribution is 5.74. The van der Waals surface area contributed by atoms with Crippen LogP contribution in [0.5, 0.6) is 11.5 Å². The zero-order valence-electron chi connectivity index (χ0n) is 24.6. The van der Waals surface area contributed by atoms with Gasteiger partial charge in [-0.15, -0.1) is 0 Å². The van der Waals surface area contributed by atoms with Crippen LogP contribution >= 0.6 is 0 Å². The van der Waals surface area contributed by atoms with Crippen molar-refractivity contribution in [1.29, 1.82) is 10.8 Å². The maximum Gasteiger partial charge on any atom is 0.490 e. The number of carbonyl (C=O) groups is 2. The number of alkyl halides is 6. The third-order valence-corrected chi connectivity index (χ3v) is 5.37. The summed E-state index contributed by atoms with van der Waals surface area (Å²) in [5, 5.41) is 34.1. The highest BCUT2D eigenvalue weighted by Gasteiger charge is 2.38. The first-order valence-electron chi connectivity index (χ1n) is 13.6. The highest BCUT2D eigenvalue weighted by atomic mass is 19.4. The Kier molecular flexibility index (Phi) is 19.4. The number of nitrogens with one attached hydrogen (secondary N) is 4. The van der Waals surface area contributed by atoms with Crippen LogP contribution in [0, 0.1) is 10.8 Å². The van der Waals surface area contributed by atoms with E-state index in [0.717, 1.165) is 50.0 Å². The second-order valence-corrected chi connectivity index (χ2v) is 9.19. The van der Waals surface area contributed by atoms with Crippen LogP contribution in [0.25, 0.3) is 0 Å². The summed E-state index contributed by atoms with van der Waals surface area (Å²) in [7, 11) is 0. The summed E-state index contributed by atoms with van der Waals surface area (Å²) in [6, 6.07) is 16.1. The molecule has 0 atom stereocenters. The van der Waals surface area contributed by atoms with Gasteiger partial charge in [0.2, 0.25) is 0 Å². The fourth-order valence-electron chi connectivity index (χ4n) is 3.13. The first kappa shape index (κ1) is 41.1. The minimum Gasteiger partial charge on any atom is -0.494 e. The Labute approximate surface area is 261 Å². The molecule has 2 aromatic carbocycles. The van der Waals surface area contributed by atoms with Crippen LogP contribution < -0.4 is 31.6 Å². The van der Waals surface area contributed by atoms with E-state index >= 15 is 0 Å². The molecule has 0 aromatic heterocycles. The summed E-state index contributed by atoms with van der Waals surface area (Å²) >= 11 is 0. The molecule has 0 fully saturated rings. The highest BCUT2D eigenvalue weighted by Crippen LogP contribution is 2.16. The summed E-state index contributed by atoms with van der Waals surface area (Å²) in [5.74, 6) is -3.74. The van der Waals surface area contributed by atoms with Gasteiger partial charge in [0.1, 0.15) is 11.5 Å². The van der Waals surface area contributed by atoms with Crippen molar-refractivity contribution in [3.05, 3.63) is 59.7 Å². The zero-order valence-corrected chi connectivity index (χ0v) is 24.6. The molecule has 2 rings (SSSR count). The number of carboxylic acids is 2. The molecule has 12 nitrogen and oxygen atoms in total. The van der Waals surface area contributed by atoms with Gasteiger partial charge in [-0.2, -0.15) is 26.3 Å². The Bertz CT molecular complexity index is 1100. The summed E-state index contributed by atoms with van der Waals surface area (Å²) in [4.78, 5) is 17.8. The topological polar surface area (TPSA) is 217 Å². The number of aliphatic carboxylic acids is 2. The van der Waals surface area contributed by atoms with E-state index in [1.165, 1.54) is 11.1 Å². The third kappa shape index (κ3) is 22.6. The molecular formula is C28H38F6N6O6. The molecule has 18 heteroatoms. The quantitative estimate of drug-likeness (QED) is 0.0590. The molecule has 0 saturated heterocycles. The van der Waals surface area contributed by atoms with Gasteiger partial charge in [-0.1, -0.05) is 24.3 Å². The maximum atomic E-state index is 10.6. The lowest BCUT2D eigenvalue weighted by atomic mass is 10.1. The zero-order chi connectivity index (χ0) is 35.2. The predicted octanol–water partition coefficient (Wildman–Crippen LogP) is 4.02. The number of unbranched alkanes of at least 4 members (excludes halogenated alkanes) is 3. The molecule has 0 aliphatic carbocycles. The minimum atomic E-state index is -5.08. The van der Waals surface area contributed by atoms with Crippen LogP contribution in [0.1, 0.15) is 36.8 Å². The van der Waals surface area contributed by atoms with Crippen LogP contribution in [0.3, 0.4) is 0 Å². The van der Waals surface area contributed by atoms with Gasteiger partial charge in [-0.25, -0.2) is 9.59 Å². The second-order valence-electron chi connectivity index (χ2n) is 9.19. The predicted molar refractivity (Wildman–Crippen MR) is 157 cm³/mol. The molecule has 0 amide bonds. The van der Waals surface area contributed by atoms with Gasteiger partial charge in [0, 0.05) is 13.1 Å². The summed E-state index contributed by atoms with van der Waals surface area (Å²) in [6.07, 6.45) is -4.25. The van der Waals surface area contributed by atoms with Crippen molar-refractivity contribution in [2.24, 2.45) is 11.5 Å². The molecule has 46 heavy (non-hydrogen) atoms. The van der Waals surface area contributed by atoms with Crippen LogP contribution in [-0.4, -0.2) is 72.7 Å². The molecule has 0 aliphatic rings. The average Bonchev–Trinajstić information content (AvgIpc) is 2.95. The number of carboxylic acid groups (broad SMARTS) is 2. The van der Waals surface area contributed by atoms with E-state index in [1.807, 2.05) is 48.5 Å². The van der Waals surface area contributed by atoms with Gasteiger partial charge >= 0.3 is 24.3 Å². The molecule has 0 spiro atoms. The van der Waals surface area contributed by atoms with Crippen molar-refractivity contribution in [1.82, 2.24) is 10.6 Å². The van der Waals surface area contributed by atoms with Crippen molar-refractivity contribution >= 4 is 23.9 Å². The Morgan fingerprint density at radius 1 is 0.630 bits per heavy atom.